The lowest BCUT2D eigenvalue weighted by Crippen LogP contribution is -2.68. The SMILES string of the molecule is CN=C(NCC(C)Oc1ccc(Cl)cc1)NC1C2CCOC2C1(C)C. The van der Waals surface area contributed by atoms with Crippen molar-refractivity contribution in [3.05, 3.63) is 29.3 Å². The van der Waals surface area contributed by atoms with E-state index < -0.39 is 0 Å². The van der Waals surface area contributed by atoms with Gasteiger partial charge in [-0.1, -0.05) is 25.4 Å². The van der Waals surface area contributed by atoms with Crippen LogP contribution < -0.4 is 15.4 Å². The highest BCUT2D eigenvalue weighted by atomic mass is 35.5. The molecule has 0 aromatic heterocycles. The van der Waals surface area contributed by atoms with Crippen molar-refractivity contribution in [2.45, 2.75) is 45.4 Å². The molecule has 2 fully saturated rings. The quantitative estimate of drug-likeness (QED) is 0.622. The summed E-state index contributed by atoms with van der Waals surface area (Å²) in [6, 6.07) is 7.80. The predicted octanol–water partition coefficient (Wildman–Crippen LogP) is 3.09. The molecule has 1 aromatic carbocycles. The molecule has 0 bridgehead atoms. The summed E-state index contributed by atoms with van der Waals surface area (Å²) in [6.07, 6.45) is 1.51. The van der Waals surface area contributed by atoms with Crippen LogP contribution in [0, 0.1) is 11.3 Å². The fourth-order valence-electron chi connectivity index (χ4n) is 3.99. The highest BCUT2D eigenvalue weighted by Gasteiger charge is 2.59. The van der Waals surface area contributed by atoms with Crippen molar-refractivity contribution in [1.82, 2.24) is 10.6 Å². The van der Waals surface area contributed by atoms with Crippen LogP contribution in [0.5, 0.6) is 5.75 Å². The van der Waals surface area contributed by atoms with Gasteiger partial charge in [-0.15, -0.1) is 0 Å². The number of ether oxygens (including phenoxy) is 2. The molecular weight excluding hydrogens is 338 g/mol. The molecule has 25 heavy (non-hydrogen) atoms. The Morgan fingerprint density at radius 1 is 1.40 bits per heavy atom. The first-order chi connectivity index (χ1) is 11.9. The van der Waals surface area contributed by atoms with Crippen molar-refractivity contribution in [2.24, 2.45) is 16.3 Å². The smallest absolute Gasteiger partial charge is 0.191 e. The molecule has 1 aliphatic carbocycles. The lowest BCUT2D eigenvalue weighted by Gasteiger charge is -2.54. The molecule has 6 heteroatoms. The maximum atomic E-state index is 5.90. The van der Waals surface area contributed by atoms with Gasteiger partial charge in [0.1, 0.15) is 11.9 Å². The Labute approximate surface area is 155 Å². The molecule has 138 valence electrons. The number of hydrogen-bond donors (Lipinski definition) is 2. The molecule has 1 aliphatic heterocycles. The van der Waals surface area contributed by atoms with Crippen molar-refractivity contribution in [2.75, 3.05) is 20.2 Å². The second-order valence-corrected chi connectivity index (χ2v) is 7.96. The first-order valence-corrected chi connectivity index (χ1v) is 9.30. The Kier molecular flexibility index (Phi) is 5.44. The summed E-state index contributed by atoms with van der Waals surface area (Å²) in [6.45, 7) is 8.09. The number of nitrogens with one attached hydrogen (secondary N) is 2. The molecule has 0 amide bonds. The van der Waals surface area contributed by atoms with Crippen LogP contribution >= 0.6 is 11.6 Å². The molecule has 4 unspecified atom stereocenters. The van der Waals surface area contributed by atoms with E-state index >= 15 is 0 Å². The molecule has 3 rings (SSSR count). The summed E-state index contributed by atoms with van der Waals surface area (Å²) < 4.78 is 11.8. The number of guanidine groups is 1. The van der Waals surface area contributed by atoms with Crippen molar-refractivity contribution < 1.29 is 9.47 Å². The van der Waals surface area contributed by atoms with Crippen molar-refractivity contribution in [3.63, 3.8) is 0 Å². The van der Waals surface area contributed by atoms with Gasteiger partial charge < -0.3 is 20.1 Å². The maximum absolute atomic E-state index is 5.90. The average Bonchev–Trinajstić information content (AvgIpc) is 3.04. The van der Waals surface area contributed by atoms with E-state index in [1.54, 1.807) is 7.05 Å². The van der Waals surface area contributed by atoms with E-state index in [9.17, 15) is 0 Å². The third-order valence-electron chi connectivity index (χ3n) is 5.32. The molecule has 0 spiro atoms. The zero-order valence-electron chi connectivity index (χ0n) is 15.4. The Balaban J connectivity index is 1.48. The van der Waals surface area contributed by atoms with E-state index in [2.05, 4.69) is 29.5 Å². The molecule has 2 N–H and O–H groups in total. The van der Waals surface area contributed by atoms with Crippen molar-refractivity contribution in [1.29, 1.82) is 0 Å². The van der Waals surface area contributed by atoms with E-state index in [0.29, 0.717) is 29.6 Å². The monoisotopic (exact) mass is 365 g/mol. The van der Waals surface area contributed by atoms with Crippen molar-refractivity contribution in [3.8, 4) is 5.75 Å². The van der Waals surface area contributed by atoms with E-state index in [1.165, 1.54) is 0 Å². The molecule has 1 heterocycles. The van der Waals surface area contributed by atoms with E-state index in [0.717, 1.165) is 24.7 Å². The van der Waals surface area contributed by atoms with Crippen LogP contribution in [-0.4, -0.2) is 44.4 Å². The zero-order valence-corrected chi connectivity index (χ0v) is 16.1. The average molecular weight is 366 g/mol. The van der Waals surface area contributed by atoms with Crippen LogP contribution in [0.3, 0.4) is 0 Å². The van der Waals surface area contributed by atoms with Gasteiger partial charge >= 0.3 is 0 Å². The minimum Gasteiger partial charge on any atom is -0.489 e. The molecule has 5 nitrogen and oxygen atoms in total. The van der Waals surface area contributed by atoms with Crippen LogP contribution in [0.4, 0.5) is 0 Å². The lowest BCUT2D eigenvalue weighted by atomic mass is 9.57. The highest BCUT2D eigenvalue weighted by Crippen LogP contribution is 2.52. The molecule has 1 aromatic rings. The third-order valence-corrected chi connectivity index (χ3v) is 5.58. The van der Waals surface area contributed by atoms with Gasteiger partial charge in [-0.05, 0) is 37.6 Å². The normalized spacial score (nSPS) is 28.7. The van der Waals surface area contributed by atoms with Gasteiger partial charge in [-0.2, -0.15) is 0 Å². The van der Waals surface area contributed by atoms with Gasteiger partial charge in [0, 0.05) is 36.1 Å². The Bertz CT molecular complexity index is 618. The lowest BCUT2D eigenvalue weighted by molar-refractivity contribution is -0.106. The number of hydrogen-bond acceptors (Lipinski definition) is 3. The number of benzene rings is 1. The molecule has 0 radical (unpaired) electrons. The second kappa shape index (κ2) is 7.42. The largest absolute Gasteiger partial charge is 0.489 e. The summed E-state index contributed by atoms with van der Waals surface area (Å²) >= 11 is 5.90. The summed E-state index contributed by atoms with van der Waals surface area (Å²) in [4.78, 5) is 4.36. The van der Waals surface area contributed by atoms with E-state index in [1.807, 2.05) is 31.2 Å². The van der Waals surface area contributed by atoms with E-state index in [4.69, 9.17) is 21.1 Å². The van der Waals surface area contributed by atoms with Gasteiger partial charge in [-0.25, -0.2) is 0 Å². The number of aliphatic imine (C=N–C) groups is 1. The number of rotatable bonds is 5. The predicted molar refractivity (Wildman–Crippen MR) is 101 cm³/mol. The number of nitrogens with zero attached hydrogens (tertiary/aromatic N) is 1. The second-order valence-electron chi connectivity index (χ2n) is 7.52. The first-order valence-electron chi connectivity index (χ1n) is 8.93. The summed E-state index contributed by atoms with van der Waals surface area (Å²) in [5, 5.41) is 7.65. The Morgan fingerprint density at radius 2 is 2.12 bits per heavy atom. The van der Waals surface area contributed by atoms with Gasteiger partial charge in [0.05, 0.1) is 12.6 Å². The molecule has 1 saturated carbocycles. The maximum Gasteiger partial charge on any atom is 0.191 e. The number of halogens is 1. The molecule has 1 saturated heterocycles. The molecule has 2 aliphatic rings. The van der Waals surface area contributed by atoms with Gasteiger partial charge in [0.2, 0.25) is 0 Å². The van der Waals surface area contributed by atoms with Crippen LogP contribution in [0.2, 0.25) is 5.02 Å². The fraction of sp³-hybridized carbons (Fsp3) is 0.632. The summed E-state index contributed by atoms with van der Waals surface area (Å²) in [5.74, 6) is 2.21. The van der Waals surface area contributed by atoms with Gasteiger partial charge in [0.25, 0.3) is 0 Å². The topological polar surface area (TPSA) is 54.9 Å². The third kappa shape index (κ3) is 3.87. The minimum absolute atomic E-state index is 0.0108. The molecule has 4 atom stereocenters. The first kappa shape index (κ1) is 18.3. The van der Waals surface area contributed by atoms with Crippen molar-refractivity contribution >= 4 is 17.6 Å². The van der Waals surface area contributed by atoms with Crippen LogP contribution in [0.1, 0.15) is 27.2 Å². The number of fused-ring (bicyclic) bond motifs is 1. The summed E-state index contributed by atoms with van der Waals surface area (Å²) in [7, 11) is 1.80. The van der Waals surface area contributed by atoms with E-state index in [-0.39, 0.29) is 11.5 Å². The minimum atomic E-state index is 0.0108. The Morgan fingerprint density at radius 3 is 2.80 bits per heavy atom. The van der Waals surface area contributed by atoms with Gasteiger partial charge in [-0.3, -0.25) is 4.99 Å². The zero-order chi connectivity index (χ0) is 18.0. The standard InChI is InChI=1S/C19H28ClN3O2/c1-12(25-14-7-5-13(20)6-8-14)11-22-18(21-4)23-16-15-9-10-24-17(15)19(16,2)3/h5-8,12,15-17H,9-11H2,1-4H3,(H2,21,22,23). The Hall–Kier alpha value is -1.46. The summed E-state index contributed by atoms with van der Waals surface area (Å²) in [5.41, 5.74) is 0.129. The van der Waals surface area contributed by atoms with Crippen LogP contribution in [-0.2, 0) is 4.74 Å². The molecular formula is C19H28ClN3O2. The highest BCUT2D eigenvalue weighted by molar-refractivity contribution is 6.30. The fourth-order valence-corrected chi connectivity index (χ4v) is 4.11. The van der Waals surface area contributed by atoms with Crippen LogP contribution in [0.15, 0.2) is 29.3 Å². The van der Waals surface area contributed by atoms with Crippen LogP contribution in [0.25, 0.3) is 0 Å². The van der Waals surface area contributed by atoms with Gasteiger partial charge in [0.15, 0.2) is 5.96 Å².